The number of nitrogens with zero attached hydrogens (tertiary/aromatic N) is 1. The van der Waals surface area contributed by atoms with Gasteiger partial charge in [-0.15, -0.1) is 11.3 Å². The smallest absolute Gasteiger partial charge is 0.252 e. The van der Waals surface area contributed by atoms with Crippen LogP contribution in [-0.2, 0) is 6.42 Å². The second kappa shape index (κ2) is 6.18. The summed E-state index contributed by atoms with van der Waals surface area (Å²) in [7, 11) is 0. The first kappa shape index (κ1) is 13.3. The van der Waals surface area contributed by atoms with Crippen LogP contribution in [-0.4, -0.2) is 17.4 Å². The Balaban J connectivity index is 1.91. The lowest BCUT2D eigenvalue weighted by Gasteiger charge is -2.06. The Hall–Kier alpha value is -1.10. The van der Waals surface area contributed by atoms with Crippen molar-refractivity contribution in [2.24, 2.45) is 0 Å². The summed E-state index contributed by atoms with van der Waals surface area (Å²) in [6, 6.07) is 4.81. The number of thiazole rings is 1. The molecule has 2 rings (SSSR count). The zero-order valence-electron chi connectivity index (χ0n) is 9.32. The summed E-state index contributed by atoms with van der Waals surface area (Å²) in [5.74, 6) is -0.201. The van der Waals surface area contributed by atoms with Crippen LogP contribution in [0.25, 0.3) is 0 Å². The van der Waals surface area contributed by atoms with E-state index < -0.39 is 0 Å². The van der Waals surface area contributed by atoms with Gasteiger partial charge in [0.1, 0.15) is 0 Å². The molecule has 0 atom stereocenters. The van der Waals surface area contributed by atoms with Gasteiger partial charge in [0.05, 0.1) is 15.6 Å². The lowest BCUT2D eigenvalue weighted by Crippen LogP contribution is -2.25. The fourth-order valence-corrected chi connectivity index (χ4v) is 2.54. The van der Waals surface area contributed by atoms with E-state index in [9.17, 15) is 4.79 Å². The first-order valence-corrected chi connectivity index (χ1v) is 6.92. The van der Waals surface area contributed by atoms with E-state index in [2.05, 4.69) is 10.3 Å². The molecule has 94 valence electrons. The van der Waals surface area contributed by atoms with Crippen LogP contribution in [0.5, 0.6) is 0 Å². The van der Waals surface area contributed by atoms with Gasteiger partial charge in [0.2, 0.25) is 0 Å². The summed E-state index contributed by atoms with van der Waals surface area (Å²) >= 11 is 13.3. The van der Waals surface area contributed by atoms with Gasteiger partial charge in [-0.2, -0.15) is 0 Å². The predicted molar refractivity (Wildman–Crippen MR) is 74.6 cm³/mol. The van der Waals surface area contributed by atoms with Gasteiger partial charge in [0, 0.05) is 29.6 Å². The zero-order valence-corrected chi connectivity index (χ0v) is 11.6. The first-order valence-electron chi connectivity index (χ1n) is 5.28. The van der Waals surface area contributed by atoms with E-state index in [1.165, 1.54) is 0 Å². The van der Waals surface area contributed by atoms with Crippen molar-refractivity contribution in [1.29, 1.82) is 0 Å². The van der Waals surface area contributed by atoms with Gasteiger partial charge in [-0.3, -0.25) is 4.79 Å². The van der Waals surface area contributed by atoms with Gasteiger partial charge in [0.25, 0.3) is 5.91 Å². The Morgan fingerprint density at radius 3 is 2.89 bits per heavy atom. The fraction of sp³-hybridized carbons (Fsp3) is 0.167. The number of rotatable bonds is 4. The maximum atomic E-state index is 11.8. The third kappa shape index (κ3) is 3.45. The van der Waals surface area contributed by atoms with Crippen LogP contribution in [0.2, 0.25) is 10.0 Å². The summed E-state index contributed by atoms with van der Waals surface area (Å²) in [4.78, 5) is 16.0. The van der Waals surface area contributed by atoms with Gasteiger partial charge >= 0.3 is 0 Å². The third-order valence-corrected chi connectivity index (χ3v) is 3.67. The number of nitrogens with one attached hydrogen (secondary N) is 1. The van der Waals surface area contributed by atoms with Crippen molar-refractivity contribution >= 4 is 40.4 Å². The molecule has 0 fully saturated rings. The minimum Gasteiger partial charge on any atom is -0.352 e. The molecule has 0 aliphatic rings. The number of hydrogen-bond donors (Lipinski definition) is 1. The van der Waals surface area contributed by atoms with Crippen molar-refractivity contribution in [1.82, 2.24) is 10.3 Å². The van der Waals surface area contributed by atoms with Crippen molar-refractivity contribution in [3.8, 4) is 0 Å². The van der Waals surface area contributed by atoms with E-state index in [1.54, 1.807) is 35.7 Å². The van der Waals surface area contributed by atoms with Gasteiger partial charge in [-0.25, -0.2) is 4.98 Å². The highest BCUT2D eigenvalue weighted by atomic mass is 35.5. The molecule has 0 radical (unpaired) electrons. The zero-order chi connectivity index (χ0) is 13.0. The molecule has 2 aromatic rings. The molecule has 1 aromatic heterocycles. The monoisotopic (exact) mass is 300 g/mol. The quantitative estimate of drug-likeness (QED) is 0.940. The van der Waals surface area contributed by atoms with Crippen LogP contribution in [0.1, 0.15) is 15.4 Å². The summed E-state index contributed by atoms with van der Waals surface area (Å²) < 4.78 is 0. The summed E-state index contributed by atoms with van der Waals surface area (Å²) in [6.45, 7) is 0.533. The largest absolute Gasteiger partial charge is 0.352 e. The SMILES string of the molecule is O=C(NCCc1nccs1)c1ccc(Cl)cc1Cl. The topological polar surface area (TPSA) is 42.0 Å². The van der Waals surface area contributed by atoms with Crippen LogP contribution in [0, 0.1) is 0 Å². The lowest BCUT2D eigenvalue weighted by molar-refractivity contribution is 0.0954. The van der Waals surface area contributed by atoms with E-state index in [-0.39, 0.29) is 5.91 Å². The molecule has 0 saturated heterocycles. The van der Waals surface area contributed by atoms with Crippen molar-refractivity contribution in [2.75, 3.05) is 6.54 Å². The molecule has 0 spiro atoms. The minimum atomic E-state index is -0.201. The first-order chi connectivity index (χ1) is 8.66. The molecule has 0 bridgehead atoms. The molecule has 18 heavy (non-hydrogen) atoms. The normalized spacial score (nSPS) is 10.3. The average Bonchev–Trinajstić information content (AvgIpc) is 2.81. The predicted octanol–water partition coefficient (Wildman–Crippen LogP) is 3.42. The maximum Gasteiger partial charge on any atom is 0.252 e. The number of halogens is 2. The molecule has 0 aliphatic heterocycles. The van der Waals surface area contributed by atoms with Gasteiger partial charge < -0.3 is 5.32 Å². The highest BCUT2D eigenvalue weighted by molar-refractivity contribution is 7.09. The number of aromatic nitrogens is 1. The second-order valence-corrected chi connectivity index (χ2v) is 5.38. The molecule has 1 aromatic carbocycles. The molecule has 0 aliphatic carbocycles. The lowest BCUT2D eigenvalue weighted by atomic mass is 10.2. The minimum absolute atomic E-state index is 0.201. The number of hydrogen-bond acceptors (Lipinski definition) is 3. The van der Waals surface area contributed by atoms with Gasteiger partial charge in [-0.1, -0.05) is 23.2 Å². The van der Waals surface area contributed by atoms with Crippen LogP contribution in [0.15, 0.2) is 29.8 Å². The van der Waals surface area contributed by atoms with E-state index in [0.717, 1.165) is 5.01 Å². The number of amides is 1. The Labute approximate surface area is 119 Å². The second-order valence-electron chi connectivity index (χ2n) is 3.56. The summed E-state index contributed by atoms with van der Waals surface area (Å²) in [5, 5.41) is 6.57. The van der Waals surface area contributed by atoms with E-state index in [4.69, 9.17) is 23.2 Å². The highest BCUT2D eigenvalue weighted by Gasteiger charge is 2.10. The van der Waals surface area contributed by atoms with Crippen molar-refractivity contribution in [3.05, 3.63) is 50.4 Å². The molecule has 1 amide bonds. The van der Waals surface area contributed by atoms with E-state index in [0.29, 0.717) is 28.6 Å². The molecule has 1 heterocycles. The Morgan fingerprint density at radius 2 is 2.22 bits per heavy atom. The molecule has 1 N–H and O–H groups in total. The molecular formula is C12H10Cl2N2OS. The van der Waals surface area contributed by atoms with Crippen molar-refractivity contribution < 1.29 is 4.79 Å². The van der Waals surface area contributed by atoms with E-state index in [1.807, 2.05) is 5.38 Å². The van der Waals surface area contributed by atoms with Crippen LogP contribution >= 0.6 is 34.5 Å². The van der Waals surface area contributed by atoms with Gasteiger partial charge in [-0.05, 0) is 18.2 Å². The highest BCUT2D eigenvalue weighted by Crippen LogP contribution is 2.20. The molecule has 0 saturated carbocycles. The molecular weight excluding hydrogens is 291 g/mol. The average molecular weight is 301 g/mol. The van der Waals surface area contributed by atoms with Crippen molar-refractivity contribution in [3.63, 3.8) is 0 Å². The Kier molecular flexibility index (Phi) is 4.58. The molecule has 3 nitrogen and oxygen atoms in total. The summed E-state index contributed by atoms with van der Waals surface area (Å²) in [5.41, 5.74) is 0.431. The molecule has 0 unspecified atom stereocenters. The number of carbonyl (C=O) groups excluding carboxylic acids is 1. The Morgan fingerprint density at radius 1 is 1.39 bits per heavy atom. The van der Waals surface area contributed by atoms with Crippen LogP contribution in [0.3, 0.4) is 0 Å². The Bertz CT molecular complexity index is 543. The molecule has 6 heteroatoms. The number of carbonyl (C=O) groups is 1. The maximum absolute atomic E-state index is 11.8. The van der Waals surface area contributed by atoms with E-state index >= 15 is 0 Å². The number of benzene rings is 1. The summed E-state index contributed by atoms with van der Waals surface area (Å²) in [6.07, 6.45) is 2.46. The fourth-order valence-electron chi connectivity index (χ4n) is 1.43. The van der Waals surface area contributed by atoms with Crippen LogP contribution in [0.4, 0.5) is 0 Å². The van der Waals surface area contributed by atoms with Crippen LogP contribution < -0.4 is 5.32 Å². The standard InChI is InChI=1S/C12H10Cl2N2OS/c13-8-1-2-9(10(14)7-8)12(17)16-4-3-11-15-5-6-18-11/h1-2,5-7H,3-4H2,(H,16,17). The van der Waals surface area contributed by atoms with Gasteiger partial charge in [0.15, 0.2) is 0 Å². The third-order valence-electron chi connectivity index (χ3n) is 2.28. The van der Waals surface area contributed by atoms with Crippen molar-refractivity contribution in [2.45, 2.75) is 6.42 Å².